The topological polar surface area (TPSA) is 20.2 Å². The lowest BCUT2D eigenvalue weighted by atomic mass is 9.99. The van der Waals surface area contributed by atoms with Gasteiger partial charge in [-0.2, -0.15) is 0 Å². The van der Waals surface area contributed by atoms with Gasteiger partial charge in [0.05, 0.1) is 10.6 Å². The smallest absolute Gasteiger partial charge is 0.143 e. The number of aryl methyl sites for hydroxylation is 1. The highest BCUT2D eigenvalue weighted by atomic mass is 79.9. The van der Waals surface area contributed by atoms with Crippen molar-refractivity contribution in [1.29, 1.82) is 0 Å². The van der Waals surface area contributed by atoms with Crippen LogP contribution in [0.2, 0.25) is 0 Å². The van der Waals surface area contributed by atoms with Gasteiger partial charge >= 0.3 is 0 Å². The van der Waals surface area contributed by atoms with Crippen molar-refractivity contribution in [1.82, 2.24) is 0 Å². The maximum Gasteiger partial charge on any atom is 0.143 e. The molecule has 106 valence electrons. The largest absolute Gasteiger partial charge is 0.388 e. The Balaban J connectivity index is 2.32. The lowest BCUT2D eigenvalue weighted by Crippen LogP contribution is -2.08. The number of hydrogen-bond donors (Lipinski definition) is 1. The van der Waals surface area contributed by atoms with E-state index in [1.807, 2.05) is 0 Å². The van der Waals surface area contributed by atoms with Crippen LogP contribution in [0.1, 0.15) is 22.8 Å². The molecule has 20 heavy (non-hydrogen) atoms. The molecule has 0 aliphatic rings. The highest BCUT2D eigenvalue weighted by Gasteiger charge is 2.19. The summed E-state index contributed by atoms with van der Waals surface area (Å²) in [7, 11) is 0. The van der Waals surface area contributed by atoms with E-state index in [2.05, 4.69) is 15.9 Å². The van der Waals surface area contributed by atoms with Crippen LogP contribution in [0.25, 0.3) is 0 Å². The third-order valence-electron chi connectivity index (χ3n) is 3.05. The molecular weight excluding hydrogens is 333 g/mol. The third kappa shape index (κ3) is 3.04. The van der Waals surface area contributed by atoms with Crippen molar-refractivity contribution in [3.8, 4) is 0 Å². The monoisotopic (exact) mass is 344 g/mol. The Hall–Kier alpha value is -1.33. The molecule has 0 fully saturated rings. The van der Waals surface area contributed by atoms with Gasteiger partial charge in [0.2, 0.25) is 0 Å². The standard InChI is InChI=1S/C15H12BrF3O/c1-8-2-3-9(13(18)6-8)14(20)7-10-12(17)5-4-11(16)15(10)19/h2-6,14,20H,7H2,1H3. The summed E-state index contributed by atoms with van der Waals surface area (Å²) in [6, 6.07) is 6.66. The Bertz CT molecular complexity index is 643. The van der Waals surface area contributed by atoms with Crippen LogP contribution in [0.15, 0.2) is 34.8 Å². The zero-order valence-corrected chi connectivity index (χ0v) is 12.2. The Kier molecular flexibility index (Phi) is 4.50. The molecule has 5 heteroatoms. The summed E-state index contributed by atoms with van der Waals surface area (Å²) in [6.07, 6.45) is -1.65. The molecule has 0 heterocycles. The summed E-state index contributed by atoms with van der Waals surface area (Å²) in [5, 5.41) is 10.00. The van der Waals surface area contributed by atoms with Gasteiger partial charge in [-0.15, -0.1) is 0 Å². The van der Waals surface area contributed by atoms with E-state index in [-0.39, 0.29) is 22.0 Å². The van der Waals surface area contributed by atoms with E-state index < -0.39 is 23.6 Å². The minimum Gasteiger partial charge on any atom is -0.388 e. The normalized spacial score (nSPS) is 12.5. The molecule has 0 saturated carbocycles. The van der Waals surface area contributed by atoms with E-state index in [1.165, 1.54) is 18.2 Å². The van der Waals surface area contributed by atoms with Crippen molar-refractivity contribution in [2.45, 2.75) is 19.4 Å². The summed E-state index contributed by atoms with van der Waals surface area (Å²) < 4.78 is 41.2. The van der Waals surface area contributed by atoms with Crippen LogP contribution in [0, 0.1) is 24.4 Å². The summed E-state index contributed by atoms with van der Waals surface area (Å²) in [5.74, 6) is -2.14. The van der Waals surface area contributed by atoms with E-state index in [0.717, 1.165) is 6.07 Å². The van der Waals surface area contributed by atoms with Gasteiger partial charge < -0.3 is 5.11 Å². The van der Waals surface area contributed by atoms with Crippen molar-refractivity contribution < 1.29 is 18.3 Å². The number of aliphatic hydroxyl groups is 1. The van der Waals surface area contributed by atoms with E-state index >= 15 is 0 Å². The maximum atomic E-state index is 13.8. The predicted molar refractivity (Wildman–Crippen MR) is 73.9 cm³/mol. The fourth-order valence-electron chi connectivity index (χ4n) is 1.96. The molecule has 0 radical (unpaired) electrons. The number of halogens is 4. The first-order chi connectivity index (χ1) is 9.40. The molecule has 2 aromatic rings. The minimum absolute atomic E-state index is 0.0226. The lowest BCUT2D eigenvalue weighted by molar-refractivity contribution is 0.171. The highest BCUT2D eigenvalue weighted by molar-refractivity contribution is 9.10. The molecule has 2 rings (SSSR count). The zero-order chi connectivity index (χ0) is 14.9. The third-order valence-corrected chi connectivity index (χ3v) is 3.66. The summed E-state index contributed by atoms with van der Waals surface area (Å²) in [4.78, 5) is 0. The van der Waals surface area contributed by atoms with Crippen LogP contribution in [0.3, 0.4) is 0 Å². The molecule has 0 spiro atoms. The minimum atomic E-state index is -1.31. The molecule has 0 aliphatic carbocycles. The van der Waals surface area contributed by atoms with Crippen LogP contribution in [0.4, 0.5) is 13.2 Å². The second kappa shape index (κ2) is 5.97. The summed E-state index contributed by atoms with van der Waals surface area (Å²) in [5.41, 5.74) is 0.458. The van der Waals surface area contributed by atoms with Crippen LogP contribution < -0.4 is 0 Å². The molecular formula is C15H12BrF3O. The number of benzene rings is 2. The quantitative estimate of drug-likeness (QED) is 0.815. The Morgan fingerprint density at radius 3 is 2.45 bits per heavy atom. The Morgan fingerprint density at radius 2 is 1.80 bits per heavy atom. The van der Waals surface area contributed by atoms with E-state index in [1.54, 1.807) is 13.0 Å². The fraction of sp³-hybridized carbons (Fsp3) is 0.200. The van der Waals surface area contributed by atoms with E-state index in [0.29, 0.717) is 5.56 Å². The Labute approximate surface area is 123 Å². The fourth-order valence-corrected chi connectivity index (χ4v) is 2.33. The average molecular weight is 345 g/mol. The molecule has 0 bridgehead atoms. The van der Waals surface area contributed by atoms with Crippen LogP contribution in [-0.4, -0.2) is 5.11 Å². The highest BCUT2D eigenvalue weighted by Crippen LogP contribution is 2.27. The van der Waals surface area contributed by atoms with Gasteiger partial charge in [-0.25, -0.2) is 13.2 Å². The van der Waals surface area contributed by atoms with Gasteiger partial charge in [0.15, 0.2) is 0 Å². The molecule has 0 aromatic heterocycles. The van der Waals surface area contributed by atoms with Crippen LogP contribution in [0.5, 0.6) is 0 Å². The van der Waals surface area contributed by atoms with Crippen LogP contribution in [-0.2, 0) is 6.42 Å². The predicted octanol–water partition coefficient (Wildman–Crippen LogP) is 4.45. The number of aliphatic hydroxyl groups excluding tert-OH is 1. The molecule has 1 unspecified atom stereocenters. The van der Waals surface area contributed by atoms with Crippen molar-refractivity contribution in [2.75, 3.05) is 0 Å². The SMILES string of the molecule is Cc1ccc(C(O)Cc2c(F)ccc(Br)c2F)c(F)c1. The second-order valence-electron chi connectivity index (χ2n) is 4.57. The molecule has 1 N–H and O–H groups in total. The van der Waals surface area contributed by atoms with Gasteiger partial charge in [0, 0.05) is 17.5 Å². The van der Waals surface area contributed by atoms with Crippen LogP contribution >= 0.6 is 15.9 Å². The number of hydrogen-bond acceptors (Lipinski definition) is 1. The molecule has 1 nitrogen and oxygen atoms in total. The zero-order valence-electron chi connectivity index (χ0n) is 10.6. The first-order valence-electron chi connectivity index (χ1n) is 5.96. The van der Waals surface area contributed by atoms with Crippen molar-refractivity contribution in [3.05, 3.63) is 68.9 Å². The lowest BCUT2D eigenvalue weighted by Gasteiger charge is -2.14. The number of rotatable bonds is 3. The first-order valence-corrected chi connectivity index (χ1v) is 6.76. The van der Waals surface area contributed by atoms with Gasteiger partial charge in [-0.3, -0.25) is 0 Å². The Morgan fingerprint density at radius 1 is 1.10 bits per heavy atom. The molecule has 0 saturated heterocycles. The summed E-state index contributed by atoms with van der Waals surface area (Å²) in [6.45, 7) is 1.72. The van der Waals surface area contributed by atoms with Gasteiger partial charge in [0.25, 0.3) is 0 Å². The first kappa shape index (κ1) is 15.1. The molecule has 0 aliphatic heterocycles. The second-order valence-corrected chi connectivity index (χ2v) is 5.42. The van der Waals surface area contributed by atoms with Crippen molar-refractivity contribution in [3.63, 3.8) is 0 Å². The summed E-state index contributed by atoms with van der Waals surface area (Å²) >= 11 is 2.95. The van der Waals surface area contributed by atoms with Gasteiger partial charge in [-0.05, 0) is 46.6 Å². The molecule has 2 aromatic carbocycles. The van der Waals surface area contributed by atoms with Crippen molar-refractivity contribution in [2.24, 2.45) is 0 Å². The molecule has 1 atom stereocenters. The molecule has 0 amide bonds. The van der Waals surface area contributed by atoms with E-state index in [4.69, 9.17) is 0 Å². The van der Waals surface area contributed by atoms with E-state index in [9.17, 15) is 18.3 Å². The van der Waals surface area contributed by atoms with Crippen molar-refractivity contribution >= 4 is 15.9 Å². The average Bonchev–Trinajstić information content (AvgIpc) is 2.39. The maximum absolute atomic E-state index is 13.8. The van der Waals surface area contributed by atoms with Gasteiger partial charge in [0.1, 0.15) is 17.5 Å². The van der Waals surface area contributed by atoms with Gasteiger partial charge in [-0.1, -0.05) is 12.1 Å².